The van der Waals surface area contributed by atoms with E-state index in [1.165, 1.54) is 6.07 Å². The van der Waals surface area contributed by atoms with Crippen LogP contribution in [0, 0.1) is 5.41 Å². The third kappa shape index (κ3) is 3.67. The summed E-state index contributed by atoms with van der Waals surface area (Å²) >= 11 is 5.52. The topological polar surface area (TPSA) is 59.1 Å². The Kier molecular flexibility index (Phi) is 3.09. The number of hydrogen-bond acceptors (Lipinski definition) is 2. The van der Waals surface area contributed by atoms with Crippen molar-refractivity contribution in [3.63, 3.8) is 0 Å². The molecule has 0 spiro atoms. The molecule has 0 aliphatic heterocycles. The van der Waals surface area contributed by atoms with Crippen molar-refractivity contribution in [1.29, 1.82) is 5.41 Å². The third-order valence-electron chi connectivity index (χ3n) is 1.42. The van der Waals surface area contributed by atoms with Crippen LogP contribution in [0.4, 0.5) is 13.2 Å². The van der Waals surface area contributed by atoms with Crippen LogP contribution in [-0.2, 0) is 0 Å². The maximum Gasteiger partial charge on any atom is 0.573 e. The van der Waals surface area contributed by atoms with Crippen LogP contribution < -0.4 is 10.5 Å². The second-order valence-corrected chi connectivity index (χ2v) is 3.07. The summed E-state index contributed by atoms with van der Waals surface area (Å²) in [6.07, 6.45) is -4.79. The van der Waals surface area contributed by atoms with Crippen molar-refractivity contribution in [3.05, 3.63) is 28.8 Å². The Morgan fingerprint density at radius 1 is 1.33 bits per heavy atom. The largest absolute Gasteiger partial charge is 0.573 e. The van der Waals surface area contributed by atoms with E-state index in [0.717, 1.165) is 12.1 Å². The Morgan fingerprint density at radius 3 is 2.40 bits per heavy atom. The average molecular weight is 239 g/mol. The summed E-state index contributed by atoms with van der Waals surface area (Å²) in [5, 5.41) is 7.06. The number of halogens is 4. The van der Waals surface area contributed by atoms with Gasteiger partial charge in [0.05, 0.1) is 0 Å². The maximum atomic E-state index is 11.9. The summed E-state index contributed by atoms with van der Waals surface area (Å²) in [7, 11) is 0. The first-order valence-electron chi connectivity index (χ1n) is 3.68. The molecule has 1 aromatic rings. The van der Waals surface area contributed by atoms with E-state index in [1.807, 2.05) is 0 Å². The monoisotopic (exact) mass is 238 g/mol. The minimum atomic E-state index is -4.79. The molecule has 0 aliphatic carbocycles. The van der Waals surface area contributed by atoms with Crippen LogP contribution in [0.1, 0.15) is 5.56 Å². The maximum absolute atomic E-state index is 11.9. The zero-order valence-corrected chi connectivity index (χ0v) is 7.99. The van der Waals surface area contributed by atoms with E-state index in [4.69, 9.17) is 22.7 Å². The quantitative estimate of drug-likeness (QED) is 0.614. The predicted molar refractivity (Wildman–Crippen MR) is 49.2 cm³/mol. The van der Waals surface area contributed by atoms with E-state index in [2.05, 4.69) is 4.74 Å². The van der Waals surface area contributed by atoms with E-state index >= 15 is 0 Å². The van der Waals surface area contributed by atoms with Gasteiger partial charge < -0.3 is 10.5 Å². The number of rotatable bonds is 2. The van der Waals surface area contributed by atoms with Crippen molar-refractivity contribution >= 4 is 17.4 Å². The molecule has 15 heavy (non-hydrogen) atoms. The molecule has 0 fully saturated rings. The number of benzene rings is 1. The fourth-order valence-corrected chi connectivity index (χ4v) is 1.14. The molecule has 82 valence electrons. The van der Waals surface area contributed by atoms with Gasteiger partial charge in [0.2, 0.25) is 0 Å². The van der Waals surface area contributed by atoms with Gasteiger partial charge in [-0.1, -0.05) is 11.6 Å². The molecule has 0 bridgehead atoms. The van der Waals surface area contributed by atoms with Gasteiger partial charge in [0, 0.05) is 10.6 Å². The van der Waals surface area contributed by atoms with Gasteiger partial charge in [-0.25, -0.2) is 0 Å². The number of ether oxygens (including phenoxy) is 1. The Labute approximate surface area is 88.1 Å². The number of nitrogens with one attached hydrogen (secondary N) is 1. The van der Waals surface area contributed by atoms with E-state index in [9.17, 15) is 13.2 Å². The summed E-state index contributed by atoms with van der Waals surface area (Å²) in [6.45, 7) is 0. The highest BCUT2D eigenvalue weighted by atomic mass is 35.5. The van der Waals surface area contributed by atoms with Crippen molar-refractivity contribution in [2.24, 2.45) is 5.73 Å². The van der Waals surface area contributed by atoms with Crippen molar-refractivity contribution < 1.29 is 17.9 Å². The first-order chi connectivity index (χ1) is 6.78. The normalized spacial score (nSPS) is 11.2. The highest BCUT2D eigenvalue weighted by Gasteiger charge is 2.31. The lowest BCUT2D eigenvalue weighted by atomic mass is 10.2. The lowest BCUT2D eigenvalue weighted by Gasteiger charge is -2.10. The summed E-state index contributed by atoms with van der Waals surface area (Å²) in [6, 6.07) is 3.25. The number of nitrogens with two attached hydrogens (primary N) is 1. The third-order valence-corrected chi connectivity index (χ3v) is 1.63. The van der Waals surface area contributed by atoms with E-state index < -0.39 is 12.1 Å². The van der Waals surface area contributed by atoms with Crippen LogP contribution in [0.5, 0.6) is 5.75 Å². The van der Waals surface area contributed by atoms with E-state index in [-0.39, 0.29) is 16.4 Å². The second kappa shape index (κ2) is 3.98. The lowest BCUT2D eigenvalue weighted by Crippen LogP contribution is -2.18. The standard InChI is InChI=1S/C8H6ClF3N2O/c9-5-1-4(7(13)14)2-6(3-5)15-8(10,11)12/h1-3H,(H3,13,14). The van der Waals surface area contributed by atoms with Gasteiger partial charge in [0.25, 0.3) is 0 Å². The molecular formula is C8H6ClF3N2O. The zero-order chi connectivity index (χ0) is 11.6. The Hall–Kier alpha value is -1.43. The summed E-state index contributed by atoms with van der Waals surface area (Å²) in [4.78, 5) is 0. The summed E-state index contributed by atoms with van der Waals surface area (Å²) in [5.41, 5.74) is 5.17. The van der Waals surface area contributed by atoms with Gasteiger partial charge in [-0.3, -0.25) is 5.41 Å². The van der Waals surface area contributed by atoms with Crippen LogP contribution in [0.25, 0.3) is 0 Å². The number of hydrogen-bond donors (Lipinski definition) is 2. The first kappa shape index (κ1) is 11.6. The van der Waals surface area contributed by atoms with Gasteiger partial charge in [-0.15, -0.1) is 13.2 Å². The van der Waals surface area contributed by atoms with Gasteiger partial charge >= 0.3 is 6.36 Å². The molecule has 0 radical (unpaired) electrons. The summed E-state index contributed by atoms with van der Waals surface area (Å²) < 4.78 is 39.2. The SMILES string of the molecule is N=C(N)c1cc(Cl)cc(OC(F)(F)F)c1. The summed E-state index contributed by atoms with van der Waals surface area (Å²) in [5.74, 6) is -0.885. The highest BCUT2D eigenvalue weighted by molar-refractivity contribution is 6.31. The van der Waals surface area contributed by atoms with Crippen molar-refractivity contribution in [2.45, 2.75) is 6.36 Å². The molecule has 0 saturated heterocycles. The average Bonchev–Trinajstić information content (AvgIpc) is 1.99. The van der Waals surface area contributed by atoms with Crippen LogP contribution in [0.15, 0.2) is 18.2 Å². The Morgan fingerprint density at radius 2 is 1.93 bits per heavy atom. The van der Waals surface area contributed by atoms with Gasteiger partial charge in [0.1, 0.15) is 11.6 Å². The molecular weight excluding hydrogens is 233 g/mol. The molecule has 0 aliphatic rings. The zero-order valence-electron chi connectivity index (χ0n) is 7.23. The Balaban J connectivity index is 3.04. The molecule has 1 aromatic carbocycles. The minimum Gasteiger partial charge on any atom is -0.406 e. The molecule has 0 aromatic heterocycles. The molecule has 0 saturated carbocycles. The molecule has 3 nitrogen and oxygen atoms in total. The van der Waals surface area contributed by atoms with E-state index in [0.29, 0.717) is 0 Å². The van der Waals surface area contributed by atoms with Crippen LogP contribution in [0.3, 0.4) is 0 Å². The molecule has 0 heterocycles. The van der Waals surface area contributed by atoms with Crippen molar-refractivity contribution in [1.82, 2.24) is 0 Å². The molecule has 3 N–H and O–H groups in total. The van der Waals surface area contributed by atoms with Crippen molar-refractivity contribution in [2.75, 3.05) is 0 Å². The molecule has 0 atom stereocenters. The number of amidine groups is 1. The number of alkyl halides is 3. The first-order valence-corrected chi connectivity index (χ1v) is 4.06. The van der Waals surface area contributed by atoms with Crippen LogP contribution >= 0.6 is 11.6 Å². The Bertz CT molecular complexity index is 392. The van der Waals surface area contributed by atoms with Crippen LogP contribution in [-0.4, -0.2) is 12.2 Å². The van der Waals surface area contributed by atoms with E-state index in [1.54, 1.807) is 0 Å². The fourth-order valence-electron chi connectivity index (χ4n) is 0.911. The predicted octanol–water partition coefficient (Wildman–Crippen LogP) is 2.52. The molecule has 1 rings (SSSR count). The fraction of sp³-hybridized carbons (Fsp3) is 0.125. The minimum absolute atomic E-state index is 0.0157. The smallest absolute Gasteiger partial charge is 0.406 e. The van der Waals surface area contributed by atoms with Gasteiger partial charge in [-0.05, 0) is 18.2 Å². The van der Waals surface area contributed by atoms with Gasteiger partial charge in [-0.2, -0.15) is 0 Å². The lowest BCUT2D eigenvalue weighted by molar-refractivity contribution is -0.274. The van der Waals surface area contributed by atoms with Crippen LogP contribution in [0.2, 0.25) is 5.02 Å². The highest BCUT2D eigenvalue weighted by Crippen LogP contribution is 2.26. The number of nitrogen functional groups attached to an aromatic ring is 1. The van der Waals surface area contributed by atoms with Gasteiger partial charge in [0.15, 0.2) is 0 Å². The van der Waals surface area contributed by atoms with Crippen molar-refractivity contribution in [3.8, 4) is 5.75 Å². The molecule has 7 heteroatoms. The molecule has 0 unspecified atom stereocenters. The second-order valence-electron chi connectivity index (χ2n) is 2.64. The molecule has 0 amide bonds.